The van der Waals surface area contributed by atoms with E-state index in [1.165, 1.54) is 11.8 Å². The summed E-state index contributed by atoms with van der Waals surface area (Å²) in [5.74, 6) is -2.98. The number of nitrogens with zero attached hydrogens (tertiary/aromatic N) is 1. The van der Waals surface area contributed by atoms with E-state index in [9.17, 15) is 24.0 Å². The minimum absolute atomic E-state index is 0.0296. The SMILES string of the molecule is CC(NC(=O)C(N1Cc2ccccc2C1=O)C(C)(C)C)C(=O)NC(C(=O)C(=O)NC1CC1)C(C)C. The maximum atomic E-state index is 13.4. The Hall–Kier alpha value is -3.23. The molecule has 1 saturated carbocycles. The Kier molecular flexibility index (Phi) is 7.67. The molecule has 3 atom stereocenters. The maximum Gasteiger partial charge on any atom is 0.289 e. The summed E-state index contributed by atoms with van der Waals surface area (Å²) < 4.78 is 0. The molecule has 2 aliphatic rings. The van der Waals surface area contributed by atoms with Crippen LogP contribution in [0.15, 0.2) is 24.3 Å². The third kappa shape index (κ3) is 6.07. The van der Waals surface area contributed by atoms with Gasteiger partial charge in [-0.3, -0.25) is 24.0 Å². The van der Waals surface area contributed by atoms with Gasteiger partial charge in [0.05, 0.1) is 6.04 Å². The van der Waals surface area contributed by atoms with Crippen molar-refractivity contribution in [2.45, 2.75) is 85.1 Å². The van der Waals surface area contributed by atoms with Gasteiger partial charge in [-0.2, -0.15) is 0 Å². The van der Waals surface area contributed by atoms with E-state index < -0.39 is 47.0 Å². The minimum Gasteiger partial charge on any atom is -0.347 e. The highest BCUT2D eigenvalue weighted by molar-refractivity contribution is 6.38. The van der Waals surface area contributed by atoms with Crippen LogP contribution in [0.5, 0.6) is 0 Å². The quantitative estimate of drug-likeness (QED) is 0.459. The molecule has 0 spiro atoms. The standard InChI is InChI=1S/C26H36N4O5/c1-14(2)19(20(31)23(33)28-17-11-12-17)29-22(32)15(3)27-24(34)21(26(4,5)6)30-13-16-9-7-8-10-18(16)25(30)35/h7-10,14-15,17,19,21H,11-13H2,1-6H3,(H,27,34)(H,28,33)(H,29,32). The van der Waals surface area contributed by atoms with Crippen molar-refractivity contribution in [1.82, 2.24) is 20.9 Å². The number of carbonyl (C=O) groups is 5. The minimum atomic E-state index is -1.01. The topological polar surface area (TPSA) is 125 Å². The first-order chi connectivity index (χ1) is 16.3. The number of Topliss-reactive ketones (excluding diaryl/α,β-unsaturated/α-hetero) is 1. The number of amides is 4. The molecule has 4 amide bonds. The molecule has 0 radical (unpaired) electrons. The lowest BCUT2D eigenvalue weighted by atomic mass is 9.84. The molecular formula is C26H36N4O5. The van der Waals surface area contributed by atoms with Crippen molar-refractivity contribution >= 4 is 29.4 Å². The van der Waals surface area contributed by atoms with E-state index in [4.69, 9.17) is 0 Å². The Labute approximate surface area is 206 Å². The molecule has 1 aromatic rings. The third-order valence-electron chi connectivity index (χ3n) is 6.36. The lowest BCUT2D eigenvalue weighted by Crippen LogP contribution is -2.59. The molecule has 3 rings (SSSR count). The van der Waals surface area contributed by atoms with Crippen LogP contribution >= 0.6 is 0 Å². The summed E-state index contributed by atoms with van der Waals surface area (Å²) in [5, 5.41) is 7.98. The Morgan fingerprint density at radius 1 is 0.971 bits per heavy atom. The number of rotatable bonds is 9. The number of hydrogen-bond acceptors (Lipinski definition) is 5. The summed E-state index contributed by atoms with van der Waals surface area (Å²) in [6.45, 7) is 10.9. The fourth-order valence-electron chi connectivity index (χ4n) is 4.28. The zero-order valence-corrected chi connectivity index (χ0v) is 21.3. The van der Waals surface area contributed by atoms with Gasteiger partial charge in [-0.1, -0.05) is 52.8 Å². The molecular weight excluding hydrogens is 448 g/mol. The Morgan fingerprint density at radius 2 is 1.60 bits per heavy atom. The highest BCUT2D eigenvalue weighted by Gasteiger charge is 2.43. The lowest BCUT2D eigenvalue weighted by molar-refractivity contribution is -0.141. The molecule has 35 heavy (non-hydrogen) atoms. The second kappa shape index (κ2) is 10.2. The van der Waals surface area contributed by atoms with Crippen molar-refractivity contribution in [2.24, 2.45) is 11.3 Å². The summed E-state index contributed by atoms with van der Waals surface area (Å²) in [5.41, 5.74) is 0.825. The Bertz CT molecular complexity index is 1020. The van der Waals surface area contributed by atoms with Gasteiger partial charge in [0.25, 0.3) is 11.8 Å². The second-order valence-electron chi connectivity index (χ2n) is 10.9. The van der Waals surface area contributed by atoms with Crippen LogP contribution in [-0.2, 0) is 25.7 Å². The van der Waals surface area contributed by atoms with Crippen LogP contribution in [0.25, 0.3) is 0 Å². The molecule has 9 heteroatoms. The van der Waals surface area contributed by atoms with E-state index >= 15 is 0 Å². The van der Waals surface area contributed by atoms with Crippen molar-refractivity contribution in [3.8, 4) is 0 Å². The van der Waals surface area contributed by atoms with Crippen LogP contribution in [0.3, 0.4) is 0 Å². The first kappa shape index (κ1) is 26.4. The predicted molar refractivity (Wildman–Crippen MR) is 130 cm³/mol. The second-order valence-corrected chi connectivity index (χ2v) is 10.9. The normalized spacial score (nSPS) is 17.9. The van der Waals surface area contributed by atoms with Crippen LogP contribution in [-0.4, -0.2) is 58.5 Å². The molecule has 0 saturated heterocycles. The molecule has 0 aromatic heterocycles. The number of hydrogen-bond donors (Lipinski definition) is 3. The molecule has 1 heterocycles. The average molecular weight is 485 g/mol. The Balaban J connectivity index is 1.68. The van der Waals surface area contributed by atoms with Crippen molar-refractivity contribution < 1.29 is 24.0 Å². The lowest BCUT2D eigenvalue weighted by Gasteiger charge is -2.37. The molecule has 3 unspecified atom stereocenters. The van der Waals surface area contributed by atoms with E-state index in [1.54, 1.807) is 26.0 Å². The van der Waals surface area contributed by atoms with Gasteiger partial charge in [-0.15, -0.1) is 0 Å². The van der Waals surface area contributed by atoms with Gasteiger partial charge in [-0.25, -0.2) is 0 Å². The summed E-state index contributed by atoms with van der Waals surface area (Å²) in [4.78, 5) is 65.7. The fraction of sp³-hybridized carbons (Fsp3) is 0.577. The summed E-state index contributed by atoms with van der Waals surface area (Å²) in [6, 6.07) is 4.48. The summed E-state index contributed by atoms with van der Waals surface area (Å²) in [6.07, 6.45) is 1.70. The maximum absolute atomic E-state index is 13.4. The largest absolute Gasteiger partial charge is 0.347 e. The molecule has 1 fully saturated rings. The molecule has 1 aromatic carbocycles. The first-order valence-electron chi connectivity index (χ1n) is 12.2. The van der Waals surface area contributed by atoms with Crippen LogP contribution in [0.2, 0.25) is 0 Å². The number of fused-ring (bicyclic) bond motifs is 1. The van der Waals surface area contributed by atoms with Crippen molar-refractivity contribution in [3.05, 3.63) is 35.4 Å². The number of carbonyl (C=O) groups excluding carboxylic acids is 5. The highest BCUT2D eigenvalue weighted by Crippen LogP contribution is 2.32. The van der Waals surface area contributed by atoms with Crippen molar-refractivity contribution in [1.29, 1.82) is 0 Å². The van der Waals surface area contributed by atoms with Gasteiger partial charge in [0.15, 0.2) is 0 Å². The van der Waals surface area contributed by atoms with Crippen LogP contribution in [0.4, 0.5) is 0 Å². The summed E-state index contributed by atoms with van der Waals surface area (Å²) >= 11 is 0. The van der Waals surface area contributed by atoms with Gasteiger partial charge >= 0.3 is 0 Å². The van der Waals surface area contributed by atoms with Crippen molar-refractivity contribution in [2.75, 3.05) is 0 Å². The van der Waals surface area contributed by atoms with Gasteiger partial charge in [-0.05, 0) is 42.7 Å². The monoisotopic (exact) mass is 484 g/mol. The number of ketones is 1. The van der Waals surface area contributed by atoms with Crippen LogP contribution < -0.4 is 16.0 Å². The molecule has 3 N–H and O–H groups in total. The Morgan fingerprint density at radius 3 is 2.14 bits per heavy atom. The van der Waals surface area contributed by atoms with Gasteiger partial charge < -0.3 is 20.9 Å². The van der Waals surface area contributed by atoms with E-state index in [2.05, 4.69) is 16.0 Å². The smallest absolute Gasteiger partial charge is 0.289 e. The molecule has 0 bridgehead atoms. The number of benzene rings is 1. The average Bonchev–Trinajstić information content (AvgIpc) is 3.53. The van der Waals surface area contributed by atoms with Crippen LogP contribution in [0.1, 0.15) is 70.3 Å². The van der Waals surface area contributed by atoms with Crippen LogP contribution in [0, 0.1) is 11.3 Å². The predicted octanol–water partition coefficient (Wildman–Crippen LogP) is 1.55. The van der Waals surface area contributed by atoms with Crippen molar-refractivity contribution in [3.63, 3.8) is 0 Å². The molecule has 1 aliphatic heterocycles. The van der Waals surface area contributed by atoms with Gasteiger partial charge in [0.2, 0.25) is 17.6 Å². The molecule has 9 nitrogen and oxygen atoms in total. The highest BCUT2D eigenvalue weighted by atomic mass is 16.2. The zero-order chi connectivity index (χ0) is 26.1. The fourth-order valence-corrected chi connectivity index (χ4v) is 4.28. The third-order valence-corrected chi connectivity index (χ3v) is 6.36. The number of nitrogens with one attached hydrogen (secondary N) is 3. The molecule has 190 valence electrons. The van der Waals surface area contributed by atoms with E-state index in [0.717, 1.165) is 18.4 Å². The summed E-state index contributed by atoms with van der Waals surface area (Å²) in [7, 11) is 0. The van der Waals surface area contributed by atoms with E-state index in [1.807, 2.05) is 32.9 Å². The zero-order valence-electron chi connectivity index (χ0n) is 21.3. The molecule has 1 aliphatic carbocycles. The van der Waals surface area contributed by atoms with E-state index in [0.29, 0.717) is 12.1 Å². The van der Waals surface area contributed by atoms with Gasteiger partial charge in [0.1, 0.15) is 12.1 Å². The van der Waals surface area contributed by atoms with Gasteiger partial charge in [0, 0.05) is 18.2 Å². The van der Waals surface area contributed by atoms with E-state index in [-0.39, 0.29) is 17.9 Å². The first-order valence-corrected chi connectivity index (χ1v) is 12.2.